The lowest BCUT2D eigenvalue weighted by atomic mass is 10.1. The van der Waals surface area contributed by atoms with E-state index in [1.165, 1.54) is 59.3 Å². The maximum Gasteiger partial charge on any atom is 0.169 e. The molecule has 4 aromatic rings. The molecule has 0 saturated heterocycles. The Labute approximate surface area is 287 Å². The van der Waals surface area contributed by atoms with Crippen LogP contribution in [0.3, 0.4) is 0 Å². The van der Waals surface area contributed by atoms with Crippen molar-refractivity contribution in [1.82, 2.24) is 0 Å². The number of benzene rings is 2. The summed E-state index contributed by atoms with van der Waals surface area (Å²) in [5.41, 5.74) is 7.43. The molecule has 0 atom stereocenters. The minimum Gasteiger partial charge on any atom is -1.00 e. The van der Waals surface area contributed by atoms with Crippen LogP contribution in [0.5, 0.6) is 0 Å². The molecule has 0 amide bonds. The largest absolute Gasteiger partial charge is 1.00 e. The number of halogens is 2. The number of unbranched alkanes of at least 4 members (excludes halogenated alkanes) is 3. The highest BCUT2D eigenvalue weighted by Crippen LogP contribution is 2.18. The summed E-state index contributed by atoms with van der Waals surface area (Å²) >= 11 is 0. The van der Waals surface area contributed by atoms with Gasteiger partial charge < -0.3 is 57.8 Å². The number of hydrogen-bond donors (Lipinski definition) is 0. The van der Waals surface area contributed by atoms with Gasteiger partial charge in [0.25, 0.3) is 0 Å². The molecule has 222 valence electrons. The van der Waals surface area contributed by atoms with Gasteiger partial charge in [-0.05, 0) is 59.4 Å². The van der Waals surface area contributed by atoms with Crippen LogP contribution in [0.25, 0.3) is 24.3 Å². The monoisotopic (exact) mass is 786 g/mol. The first-order valence-corrected chi connectivity index (χ1v) is 14.4. The third-order valence-corrected chi connectivity index (χ3v) is 7.35. The van der Waals surface area contributed by atoms with Gasteiger partial charge in [-0.25, -0.2) is 9.13 Å². The lowest BCUT2D eigenvalue weighted by Gasteiger charge is -2.20. The molecule has 0 N–H and O–H groups in total. The molecule has 42 heavy (non-hydrogen) atoms. The molecule has 0 aliphatic rings. The fraction of sp³-hybridized carbons (Fsp3) is 0.278. The van der Waals surface area contributed by atoms with Crippen LogP contribution in [-0.4, -0.2) is 27.2 Å². The molecule has 0 aliphatic carbocycles. The van der Waals surface area contributed by atoms with Crippen LogP contribution in [-0.2, 0) is 14.1 Å². The van der Waals surface area contributed by atoms with Gasteiger partial charge in [-0.3, -0.25) is 0 Å². The zero-order valence-corrected chi connectivity index (χ0v) is 29.6. The van der Waals surface area contributed by atoms with E-state index in [0.717, 1.165) is 13.1 Å². The lowest BCUT2D eigenvalue weighted by molar-refractivity contribution is -0.671. The Hall–Kier alpha value is -2.72. The Bertz CT molecular complexity index is 1260. The van der Waals surface area contributed by atoms with Gasteiger partial charge in [0.2, 0.25) is 0 Å². The number of pyridine rings is 2. The third-order valence-electron chi connectivity index (χ3n) is 7.35. The molecule has 4 rings (SSSR count). The van der Waals surface area contributed by atoms with Crippen molar-refractivity contribution in [3.05, 3.63) is 120 Å². The number of aromatic nitrogens is 2. The molecule has 0 saturated carbocycles. The summed E-state index contributed by atoms with van der Waals surface area (Å²) < 4.78 is 4.10. The average Bonchev–Trinajstić information content (AvgIpc) is 2.98. The molecule has 0 aliphatic heterocycles. The summed E-state index contributed by atoms with van der Waals surface area (Å²) in [5, 5.41) is 0. The Morgan fingerprint density at radius 1 is 0.452 bits per heavy atom. The minimum atomic E-state index is 0. The molecule has 2 heterocycles. The summed E-state index contributed by atoms with van der Waals surface area (Å²) in [5.74, 6) is 0. The molecule has 0 radical (unpaired) electrons. The molecule has 0 bridgehead atoms. The number of nitrogens with zero attached hydrogens (tertiary/aromatic N) is 4. The van der Waals surface area contributed by atoms with Gasteiger partial charge in [0.15, 0.2) is 24.8 Å². The van der Waals surface area contributed by atoms with E-state index in [1.54, 1.807) is 0 Å². The quantitative estimate of drug-likeness (QED) is 0.113. The molecule has 0 unspecified atom stereocenters. The Morgan fingerprint density at radius 3 is 1.05 bits per heavy atom. The van der Waals surface area contributed by atoms with Gasteiger partial charge >= 0.3 is 0 Å². The van der Waals surface area contributed by atoms with E-state index in [4.69, 9.17) is 0 Å². The number of aryl methyl sites for hydroxylation is 2. The van der Waals surface area contributed by atoms with Gasteiger partial charge in [0.05, 0.1) is 0 Å². The molecule has 4 nitrogen and oxygen atoms in total. The first-order valence-electron chi connectivity index (χ1n) is 14.4. The smallest absolute Gasteiger partial charge is 0.169 e. The van der Waals surface area contributed by atoms with Crippen LogP contribution in [0.1, 0.15) is 47.9 Å². The Morgan fingerprint density at radius 2 is 0.738 bits per heavy atom. The van der Waals surface area contributed by atoms with Crippen molar-refractivity contribution < 1.29 is 57.1 Å². The van der Waals surface area contributed by atoms with Crippen LogP contribution >= 0.6 is 0 Å². The zero-order chi connectivity index (χ0) is 28.2. The van der Waals surface area contributed by atoms with E-state index in [2.05, 4.69) is 146 Å². The van der Waals surface area contributed by atoms with E-state index in [9.17, 15) is 0 Å². The maximum atomic E-state index is 2.37. The molecule has 6 heteroatoms. The zero-order valence-electron chi connectivity index (χ0n) is 25.3. The summed E-state index contributed by atoms with van der Waals surface area (Å²) in [7, 11) is 8.46. The first kappa shape index (κ1) is 35.5. The standard InChI is InChI=1S/C36H44N4.2HI/c1-37-27-21-33(22-28-37)11-9-31-13-17-35(18-14-31)39(3)25-7-5-6-8-26-40(4)36-19-15-32(16-20-36)10-12-34-23-29-38(2)30-24-34;;/h9-24,27-30H,5-8,25-26H2,1-4H3;2*1H/q+2;;/p-2. The highest BCUT2D eigenvalue weighted by atomic mass is 127. The molecule has 2 aromatic heterocycles. The normalized spacial score (nSPS) is 10.9. The maximum absolute atomic E-state index is 2.37. The minimum absolute atomic E-state index is 0. The van der Waals surface area contributed by atoms with Crippen LogP contribution in [0, 0.1) is 0 Å². The number of rotatable bonds is 13. The van der Waals surface area contributed by atoms with Gasteiger partial charge in [0.1, 0.15) is 14.1 Å². The van der Waals surface area contributed by atoms with Crippen LogP contribution in [0.4, 0.5) is 11.4 Å². The van der Waals surface area contributed by atoms with Gasteiger partial charge in [-0.1, -0.05) is 61.4 Å². The van der Waals surface area contributed by atoms with Crippen molar-refractivity contribution in [3.8, 4) is 0 Å². The second-order valence-electron chi connectivity index (χ2n) is 10.7. The second kappa shape index (κ2) is 18.7. The first-order chi connectivity index (χ1) is 19.5. The van der Waals surface area contributed by atoms with Crippen molar-refractivity contribution in [2.75, 3.05) is 37.0 Å². The molecule has 2 aromatic carbocycles. The highest BCUT2D eigenvalue weighted by Gasteiger charge is 2.03. The molecule has 0 fully saturated rings. The predicted octanol–water partition coefficient (Wildman–Crippen LogP) is 0.817. The molecule has 0 spiro atoms. The molecular weight excluding hydrogens is 742 g/mol. The summed E-state index contributed by atoms with van der Waals surface area (Å²) in [4.78, 5) is 4.73. The Balaban J connectivity index is 0.00000308. The molecular formula is C36H44I2N4. The van der Waals surface area contributed by atoms with Crippen molar-refractivity contribution in [2.24, 2.45) is 14.1 Å². The Kier molecular flexibility index (Phi) is 15.8. The van der Waals surface area contributed by atoms with E-state index in [0.29, 0.717) is 0 Å². The van der Waals surface area contributed by atoms with Crippen molar-refractivity contribution in [3.63, 3.8) is 0 Å². The van der Waals surface area contributed by atoms with Crippen molar-refractivity contribution >= 4 is 35.7 Å². The van der Waals surface area contributed by atoms with Gasteiger partial charge in [-0.2, -0.15) is 0 Å². The predicted molar refractivity (Wildman–Crippen MR) is 171 cm³/mol. The van der Waals surface area contributed by atoms with Gasteiger partial charge in [-0.15, -0.1) is 0 Å². The van der Waals surface area contributed by atoms with Crippen molar-refractivity contribution in [2.45, 2.75) is 25.7 Å². The highest BCUT2D eigenvalue weighted by molar-refractivity contribution is 5.71. The third kappa shape index (κ3) is 11.9. The summed E-state index contributed by atoms with van der Waals surface area (Å²) in [6, 6.07) is 26.2. The number of hydrogen-bond acceptors (Lipinski definition) is 2. The SMILES string of the molecule is CN(CCCCCCN(C)c1ccc(/C=C/c2cc[n+](C)cc2)cc1)c1ccc(/C=C/c2cc[n+](C)cc2)cc1.[I-].[I-]. The summed E-state index contributed by atoms with van der Waals surface area (Å²) in [6.45, 7) is 2.17. The topological polar surface area (TPSA) is 14.2 Å². The average molecular weight is 787 g/mol. The van der Waals surface area contributed by atoms with Crippen LogP contribution < -0.4 is 66.9 Å². The van der Waals surface area contributed by atoms with Gasteiger partial charge in [0, 0.05) is 62.8 Å². The number of anilines is 2. The fourth-order valence-corrected chi connectivity index (χ4v) is 4.62. The van der Waals surface area contributed by atoms with E-state index in [-0.39, 0.29) is 48.0 Å². The second-order valence-corrected chi connectivity index (χ2v) is 10.7. The van der Waals surface area contributed by atoms with E-state index < -0.39 is 0 Å². The van der Waals surface area contributed by atoms with Crippen molar-refractivity contribution in [1.29, 1.82) is 0 Å². The van der Waals surface area contributed by atoms with E-state index in [1.807, 2.05) is 23.2 Å². The fourth-order valence-electron chi connectivity index (χ4n) is 4.62. The lowest BCUT2D eigenvalue weighted by Crippen LogP contribution is -3.00. The van der Waals surface area contributed by atoms with E-state index >= 15 is 0 Å². The van der Waals surface area contributed by atoms with Crippen LogP contribution in [0.15, 0.2) is 97.6 Å². The summed E-state index contributed by atoms with van der Waals surface area (Å²) in [6.07, 6.45) is 21.9. The van der Waals surface area contributed by atoms with Crippen LogP contribution in [0.2, 0.25) is 0 Å².